The number of fused-ring (bicyclic) bond motifs is 1. The number of H-pyrrole nitrogens is 1. The second-order valence-corrected chi connectivity index (χ2v) is 4.45. The van der Waals surface area contributed by atoms with Crippen LogP contribution in [0.25, 0.3) is 0 Å². The predicted octanol–water partition coefficient (Wildman–Crippen LogP) is -0.0540. The number of nitrogens with one attached hydrogen (secondary N) is 2. The molecule has 3 fully saturated rings. The molecule has 2 N–H and O–H groups in total. The highest BCUT2D eigenvalue weighted by molar-refractivity contribution is 5.28. The van der Waals surface area contributed by atoms with Crippen LogP contribution in [-0.2, 0) is 0 Å². The molecule has 0 amide bonds. The first-order valence-electron chi connectivity index (χ1n) is 5.08. The summed E-state index contributed by atoms with van der Waals surface area (Å²) >= 11 is 0. The van der Waals surface area contributed by atoms with Gasteiger partial charge in [-0.1, -0.05) is 0 Å². The van der Waals surface area contributed by atoms with E-state index in [9.17, 15) is 0 Å². The summed E-state index contributed by atoms with van der Waals surface area (Å²) in [6, 6.07) is 0.642. The largest absolute Gasteiger partial charge is 0.346 e. The lowest BCUT2D eigenvalue weighted by molar-refractivity contribution is 0.291. The Morgan fingerprint density at radius 2 is 2.29 bits per heavy atom. The smallest absolute Gasteiger partial charge is 0.244 e. The van der Waals surface area contributed by atoms with Gasteiger partial charge in [0.15, 0.2) is 0 Å². The monoisotopic (exact) mass is 193 g/mol. The third kappa shape index (κ3) is 0.987. The van der Waals surface area contributed by atoms with E-state index in [0.29, 0.717) is 12.0 Å². The van der Waals surface area contributed by atoms with Crippen molar-refractivity contribution in [3.8, 4) is 0 Å². The summed E-state index contributed by atoms with van der Waals surface area (Å²) in [6.45, 7) is 1.15. The standard InChI is InChI=1S/C9H15N5/c1-14(2)9-11-8(12-13-9)7-5-3-6(7)10-4-5/h5-7,10H,3-4H2,1-2H3,(H,11,12,13). The first-order valence-corrected chi connectivity index (χ1v) is 5.08. The molecule has 1 aromatic heterocycles. The average Bonchev–Trinajstić information content (AvgIpc) is 2.76. The van der Waals surface area contributed by atoms with E-state index in [1.165, 1.54) is 6.42 Å². The zero-order valence-electron chi connectivity index (χ0n) is 8.49. The van der Waals surface area contributed by atoms with Crippen LogP contribution in [0.2, 0.25) is 0 Å². The van der Waals surface area contributed by atoms with E-state index >= 15 is 0 Å². The molecule has 76 valence electrons. The summed E-state index contributed by atoms with van der Waals surface area (Å²) in [7, 11) is 3.92. The second kappa shape index (κ2) is 2.70. The molecule has 1 saturated carbocycles. The molecular formula is C9H15N5. The molecule has 0 aromatic carbocycles. The molecule has 3 aliphatic rings. The fourth-order valence-corrected chi connectivity index (χ4v) is 2.50. The minimum atomic E-state index is 0.580. The van der Waals surface area contributed by atoms with Crippen LogP contribution in [0.15, 0.2) is 0 Å². The highest BCUT2D eigenvalue weighted by atomic mass is 15.3. The van der Waals surface area contributed by atoms with Crippen LogP contribution in [-0.4, -0.2) is 41.9 Å². The van der Waals surface area contributed by atoms with Gasteiger partial charge in [-0.05, 0) is 18.9 Å². The fraction of sp³-hybridized carbons (Fsp3) is 0.778. The van der Waals surface area contributed by atoms with Crippen molar-refractivity contribution in [3.05, 3.63) is 5.82 Å². The summed E-state index contributed by atoms with van der Waals surface area (Å²) in [6.07, 6.45) is 1.31. The molecule has 2 bridgehead atoms. The lowest BCUT2D eigenvalue weighted by Crippen LogP contribution is -2.35. The van der Waals surface area contributed by atoms with Crippen molar-refractivity contribution in [1.82, 2.24) is 20.5 Å². The molecule has 2 saturated heterocycles. The number of hydrogen-bond acceptors (Lipinski definition) is 4. The Labute approximate surface area is 82.9 Å². The number of nitrogens with zero attached hydrogens (tertiary/aromatic N) is 3. The topological polar surface area (TPSA) is 56.8 Å². The predicted molar refractivity (Wildman–Crippen MR) is 53.3 cm³/mol. The zero-order chi connectivity index (χ0) is 9.71. The van der Waals surface area contributed by atoms with Gasteiger partial charge >= 0.3 is 0 Å². The fourth-order valence-electron chi connectivity index (χ4n) is 2.50. The van der Waals surface area contributed by atoms with Crippen molar-refractivity contribution in [3.63, 3.8) is 0 Å². The molecule has 4 rings (SSSR count). The van der Waals surface area contributed by atoms with E-state index < -0.39 is 0 Å². The van der Waals surface area contributed by atoms with Crippen molar-refractivity contribution < 1.29 is 0 Å². The van der Waals surface area contributed by atoms with Crippen molar-refractivity contribution in [1.29, 1.82) is 0 Å². The van der Waals surface area contributed by atoms with Crippen LogP contribution in [0, 0.1) is 5.92 Å². The number of aromatic amines is 1. The van der Waals surface area contributed by atoms with Crippen LogP contribution in [0.4, 0.5) is 5.95 Å². The van der Waals surface area contributed by atoms with Gasteiger partial charge in [-0.25, -0.2) is 0 Å². The van der Waals surface area contributed by atoms with Crippen molar-refractivity contribution in [2.75, 3.05) is 25.5 Å². The Kier molecular flexibility index (Phi) is 1.58. The van der Waals surface area contributed by atoms with E-state index in [4.69, 9.17) is 0 Å². The maximum absolute atomic E-state index is 4.49. The minimum absolute atomic E-state index is 0.580. The number of hydrogen-bond donors (Lipinski definition) is 2. The maximum Gasteiger partial charge on any atom is 0.244 e. The molecule has 3 heterocycles. The molecule has 3 unspecified atom stereocenters. The van der Waals surface area contributed by atoms with E-state index in [1.807, 2.05) is 19.0 Å². The lowest BCUT2D eigenvalue weighted by atomic mass is 9.73. The number of anilines is 1. The van der Waals surface area contributed by atoms with Gasteiger partial charge in [0.2, 0.25) is 5.95 Å². The Hall–Kier alpha value is -1.10. The van der Waals surface area contributed by atoms with Crippen LogP contribution < -0.4 is 10.2 Å². The quantitative estimate of drug-likeness (QED) is 0.691. The van der Waals surface area contributed by atoms with Crippen LogP contribution >= 0.6 is 0 Å². The van der Waals surface area contributed by atoms with Crippen LogP contribution in [0.3, 0.4) is 0 Å². The molecule has 5 heteroatoms. The summed E-state index contributed by atoms with van der Waals surface area (Å²) in [5.74, 6) is 3.20. The maximum atomic E-state index is 4.49. The van der Waals surface area contributed by atoms with Gasteiger partial charge in [-0.15, -0.1) is 5.10 Å². The summed E-state index contributed by atoms with van der Waals surface area (Å²) < 4.78 is 0. The summed E-state index contributed by atoms with van der Waals surface area (Å²) in [5, 5.41) is 10.7. The Bertz CT molecular complexity index is 331. The Morgan fingerprint density at radius 3 is 2.79 bits per heavy atom. The summed E-state index contributed by atoms with van der Waals surface area (Å²) in [5.41, 5.74) is 0. The highest BCUT2D eigenvalue weighted by Gasteiger charge is 2.49. The van der Waals surface area contributed by atoms with Gasteiger partial charge in [0.25, 0.3) is 0 Å². The van der Waals surface area contributed by atoms with E-state index in [2.05, 4.69) is 20.5 Å². The normalized spacial score (nSPS) is 34.3. The Balaban J connectivity index is 1.84. The number of aromatic nitrogens is 3. The van der Waals surface area contributed by atoms with Gasteiger partial charge in [0, 0.05) is 26.1 Å². The van der Waals surface area contributed by atoms with E-state index in [-0.39, 0.29) is 0 Å². The van der Waals surface area contributed by atoms with E-state index in [0.717, 1.165) is 24.2 Å². The van der Waals surface area contributed by atoms with Gasteiger partial charge in [0.05, 0.1) is 0 Å². The van der Waals surface area contributed by atoms with Gasteiger partial charge < -0.3 is 10.2 Å². The SMILES string of the molecule is CN(C)c1n[nH]c(C2C3CNC2C3)n1. The summed E-state index contributed by atoms with van der Waals surface area (Å²) in [4.78, 5) is 6.42. The minimum Gasteiger partial charge on any atom is -0.346 e. The molecular weight excluding hydrogens is 178 g/mol. The second-order valence-electron chi connectivity index (χ2n) is 4.45. The first kappa shape index (κ1) is 8.23. The molecule has 1 aromatic rings. The molecule has 3 atom stereocenters. The third-order valence-corrected chi connectivity index (χ3v) is 3.35. The molecule has 0 radical (unpaired) electrons. The molecule has 0 spiro atoms. The molecule has 2 aliphatic heterocycles. The average molecular weight is 193 g/mol. The van der Waals surface area contributed by atoms with Crippen molar-refractivity contribution in [2.24, 2.45) is 5.92 Å². The van der Waals surface area contributed by atoms with Crippen LogP contribution in [0.5, 0.6) is 0 Å². The first-order chi connectivity index (χ1) is 6.75. The Morgan fingerprint density at radius 1 is 1.43 bits per heavy atom. The van der Waals surface area contributed by atoms with Gasteiger partial charge in [0.1, 0.15) is 5.82 Å². The van der Waals surface area contributed by atoms with Crippen molar-refractivity contribution >= 4 is 5.95 Å². The zero-order valence-corrected chi connectivity index (χ0v) is 8.49. The number of rotatable bonds is 2. The molecule has 1 aliphatic carbocycles. The van der Waals surface area contributed by atoms with E-state index in [1.54, 1.807) is 0 Å². The lowest BCUT2D eigenvalue weighted by Gasteiger charge is -2.32. The van der Waals surface area contributed by atoms with Gasteiger partial charge in [-0.3, -0.25) is 5.10 Å². The van der Waals surface area contributed by atoms with Crippen molar-refractivity contribution in [2.45, 2.75) is 18.4 Å². The molecule has 5 nitrogen and oxygen atoms in total. The molecule has 14 heavy (non-hydrogen) atoms. The van der Waals surface area contributed by atoms with Gasteiger partial charge in [-0.2, -0.15) is 4.98 Å². The van der Waals surface area contributed by atoms with Crippen LogP contribution in [0.1, 0.15) is 18.2 Å². The highest BCUT2D eigenvalue weighted by Crippen LogP contribution is 2.45. The third-order valence-electron chi connectivity index (χ3n) is 3.35.